The molecule has 2 aliphatic rings. The van der Waals surface area contributed by atoms with Crippen LogP contribution in [0.2, 0.25) is 0 Å². The summed E-state index contributed by atoms with van der Waals surface area (Å²) in [6.45, 7) is 3.71. The van der Waals surface area contributed by atoms with Crippen LogP contribution in [0.1, 0.15) is 39.1 Å². The van der Waals surface area contributed by atoms with Crippen LogP contribution in [0.4, 0.5) is 11.5 Å². The molecule has 2 N–H and O–H groups in total. The van der Waals surface area contributed by atoms with E-state index in [0.717, 1.165) is 29.9 Å². The van der Waals surface area contributed by atoms with Crippen molar-refractivity contribution < 1.29 is 19.4 Å². The quantitative estimate of drug-likeness (QED) is 0.595. The van der Waals surface area contributed by atoms with Gasteiger partial charge in [0.1, 0.15) is 22.7 Å². The second-order valence-electron chi connectivity index (χ2n) is 8.69. The Morgan fingerprint density at radius 1 is 1.15 bits per heavy atom. The highest BCUT2D eigenvalue weighted by Gasteiger charge is 2.31. The summed E-state index contributed by atoms with van der Waals surface area (Å²) in [7, 11) is 1.98. The molecule has 0 saturated carbocycles. The molecular formula is C24H26N6O4. The van der Waals surface area contributed by atoms with Crippen LogP contribution in [0.15, 0.2) is 48.6 Å². The maximum Gasteiger partial charge on any atom is 0.341 e. The molecule has 1 fully saturated rings. The summed E-state index contributed by atoms with van der Waals surface area (Å²) in [5.74, 6) is 0.373. The van der Waals surface area contributed by atoms with Crippen LogP contribution in [0, 0.1) is 12.8 Å². The maximum atomic E-state index is 13.6. The Labute approximate surface area is 196 Å². The molecule has 34 heavy (non-hydrogen) atoms. The summed E-state index contributed by atoms with van der Waals surface area (Å²) >= 11 is 0. The monoisotopic (exact) mass is 462 g/mol. The zero-order valence-electron chi connectivity index (χ0n) is 19.1. The zero-order chi connectivity index (χ0) is 23.8. The highest BCUT2D eigenvalue weighted by Crippen LogP contribution is 2.31. The number of rotatable bonds is 5. The third kappa shape index (κ3) is 3.91. The standard InChI is InChI=1S/C24H26N6O4/c1-15-5-3-4-6-19(15)27-22-17(11-25-21-18(24(32)33)12-26-30(21)22)23(31)29-9-7-16(8-10-29)20-13-28(2)14-34-20/h3-6,11-13,16,27H,7-10,14H2,1-2H3,(H,32,33). The SMILES string of the molecule is Cc1ccccc1Nc1c(C(=O)N2CCC(C3=CN(C)CO3)CC2)cnc2c(C(=O)O)cnn12. The van der Waals surface area contributed by atoms with Gasteiger partial charge in [0.2, 0.25) is 0 Å². The van der Waals surface area contributed by atoms with Crippen LogP contribution in [0.3, 0.4) is 0 Å². The Morgan fingerprint density at radius 2 is 1.91 bits per heavy atom. The lowest BCUT2D eigenvalue weighted by molar-refractivity contribution is 0.0662. The van der Waals surface area contributed by atoms with E-state index in [2.05, 4.69) is 15.4 Å². The largest absolute Gasteiger partial charge is 0.477 e. The van der Waals surface area contributed by atoms with E-state index in [1.807, 2.05) is 54.2 Å². The predicted molar refractivity (Wildman–Crippen MR) is 125 cm³/mol. The van der Waals surface area contributed by atoms with Gasteiger partial charge in [-0.3, -0.25) is 4.79 Å². The number of nitrogens with zero attached hydrogens (tertiary/aromatic N) is 5. The molecule has 0 aliphatic carbocycles. The van der Waals surface area contributed by atoms with Crippen molar-refractivity contribution in [1.29, 1.82) is 0 Å². The van der Waals surface area contributed by atoms with Crippen molar-refractivity contribution in [2.75, 3.05) is 32.2 Å². The molecule has 10 heteroatoms. The Morgan fingerprint density at radius 3 is 2.59 bits per heavy atom. The Bertz CT molecular complexity index is 1290. The fourth-order valence-corrected chi connectivity index (χ4v) is 4.43. The van der Waals surface area contributed by atoms with Crippen LogP contribution in [-0.2, 0) is 4.74 Å². The first-order valence-corrected chi connectivity index (χ1v) is 11.2. The van der Waals surface area contributed by atoms with E-state index in [4.69, 9.17) is 4.74 Å². The summed E-state index contributed by atoms with van der Waals surface area (Å²) in [5, 5.41) is 17.0. The van der Waals surface area contributed by atoms with E-state index in [9.17, 15) is 14.7 Å². The number of aromatic carboxylic acids is 1. The summed E-state index contributed by atoms with van der Waals surface area (Å²) in [5.41, 5.74) is 2.26. The van der Waals surface area contributed by atoms with Gasteiger partial charge in [0, 0.05) is 44.1 Å². The number of ether oxygens (including phenoxy) is 1. The number of benzene rings is 1. The van der Waals surface area contributed by atoms with Crippen molar-refractivity contribution in [3.8, 4) is 0 Å². The van der Waals surface area contributed by atoms with E-state index in [1.54, 1.807) is 0 Å². The van der Waals surface area contributed by atoms with Crippen molar-refractivity contribution in [3.63, 3.8) is 0 Å². The second kappa shape index (κ2) is 8.69. The van der Waals surface area contributed by atoms with E-state index in [0.29, 0.717) is 37.1 Å². The molecule has 4 heterocycles. The number of nitrogens with one attached hydrogen (secondary N) is 1. The molecule has 0 spiro atoms. The number of aromatic nitrogens is 3. The van der Waals surface area contributed by atoms with Gasteiger partial charge >= 0.3 is 5.97 Å². The van der Waals surface area contributed by atoms with Gasteiger partial charge < -0.3 is 25.0 Å². The molecule has 2 aliphatic heterocycles. The minimum Gasteiger partial charge on any atom is -0.477 e. The first-order chi connectivity index (χ1) is 16.4. The van der Waals surface area contributed by atoms with E-state index < -0.39 is 5.97 Å². The minimum atomic E-state index is -1.13. The summed E-state index contributed by atoms with van der Waals surface area (Å²) in [6.07, 6.45) is 6.34. The third-order valence-corrected chi connectivity index (χ3v) is 6.35. The number of hydrogen-bond acceptors (Lipinski definition) is 7. The Kier molecular flexibility index (Phi) is 5.56. The number of carboxylic acids is 1. The molecule has 1 saturated heterocycles. The molecule has 1 aromatic carbocycles. The van der Waals surface area contributed by atoms with Gasteiger partial charge in [-0.25, -0.2) is 9.78 Å². The predicted octanol–water partition coefficient (Wildman–Crippen LogP) is 3.09. The summed E-state index contributed by atoms with van der Waals surface area (Å²) in [4.78, 5) is 33.3. The first kappa shape index (κ1) is 21.7. The van der Waals surface area contributed by atoms with Gasteiger partial charge in [0.25, 0.3) is 5.91 Å². The summed E-state index contributed by atoms with van der Waals surface area (Å²) < 4.78 is 7.15. The fourth-order valence-electron chi connectivity index (χ4n) is 4.43. The number of carbonyl (C=O) groups is 2. The van der Waals surface area contributed by atoms with E-state index in [-0.39, 0.29) is 17.1 Å². The first-order valence-electron chi connectivity index (χ1n) is 11.2. The molecule has 0 unspecified atom stereocenters. The lowest BCUT2D eigenvalue weighted by Crippen LogP contribution is -2.39. The average Bonchev–Trinajstić information content (AvgIpc) is 3.47. The molecule has 10 nitrogen and oxygen atoms in total. The molecule has 5 rings (SSSR count). The maximum absolute atomic E-state index is 13.6. The number of piperidine rings is 1. The van der Waals surface area contributed by atoms with E-state index in [1.165, 1.54) is 16.9 Å². The number of allylic oxidation sites excluding steroid dienone is 1. The molecule has 176 valence electrons. The van der Waals surface area contributed by atoms with Crippen LogP contribution >= 0.6 is 0 Å². The third-order valence-electron chi connectivity index (χ3n) is 6.35. The molecule has 0 bridgehead atoms. The normalized spacial score (nSPS) is 16.5. The number of fused-ring (bicyclic) bond motifs is 1. The molecular weight excluding hydrogens is 436 g/mol. The van der Waals surface area contributed by atoms with Gasteiger partial charge in [0.15, 0.2) is 12.4 Å². The second-order valence-corrected chi connectivity index (χ2v) is 8.69. The van der Waals surface area contributed by atoms with Crippen LogP contribution in [0.25, 0.3) is 5.65 Å². The number of aryl methyl sites for hydroxylation is 1. The minimum absolute atomic E-state index is 0.0255. The van der Waals surface area contributed by atoms with Crippen LogP contribution < -0.4 is 5.32 Å². The van der Waals surface area contributed by atoms with Crippen molar-refractivity contribution in [1.82, 2.24) is 24.4 Å². The number of likely N-dealkylation sites (tertiary alicyclic amines) is 1. The Balaban J connectivity index is 1.46. The molecule has 1 amide bonds. The van der Waals surface area contributed by atoms with Gasteiger partial charge in [-0.2, -0.15) is 9.61 Å². The topological polar surface area (TPSA) is 112 Å². The fraction of sp³-hybridized carbons (Fsp3) is 0.333. The highest BCUT2D eigenvalue weighted by molar-refractivity contribution is 6.01. The van der Waals surface area contributed by atoms with Gasteiger partial charge in [-0.15, -0.1) is 0 Å². The van der Waals surface area contributed by atoms with Gasteiger partial charge in [-0.1, -0.05) is 18.2 Å². The summed E-state index contributed by atoms with van der Waals surface area (Å²) in [6, 6.07) is 7.67. The van der Waals surface area contributed by atoms with Crippen molar-refractivity contribution >= 4 is 29.0 Å². The molecule has 2 aromatic heterocycles. The Hall–Kier alpha value is -4.08. The number of hydrogen-bond donors (Lipinski definition) is 2. The van der Waals surface area contributed by atoms with Crippen molar-refractivity contribution in [2.45, 2.75) is 19.8 Å². The van der Waals surface area contributed by atoms with E-state index >= 15 is 0 Å². The molecule has 0 atom stereocenters. The molecule has 3 aromatic rings. The average molecular weight is 463 g/mol. The van der Waals surface area contributed by atoms with Crippen LogP contribution in [-0.4, -0.2) is 68.2 Å². The highest BCUT2D eigenvalue weighted by atomic mass is 16.5. The number of carbonyl (C=O) groups excluding carboxylic acids is 1. The molecule has 0 radical (unpaired) electrons. The lowest BCUT2D eigenvalue weighted by atomic mass is 9.94. The lowest BCUT2D eigenvalue weighted by Gasteiger charge is -2.32. The van der Waals surface area contributed by atoms with Gasteiger partial charge in [0.05, 0.1) is 6.20 Å². The van der Waals surface area contributed by atoms with Crippen LogP contribution in [0.5, 0.6) is 0 Å². The zero-order valence-corrected chi connectivity index (χ0v) is 19.1. The van der Waals surface area contributed by atoms with Gasteiger partial charge in [-0.05, 0) is 31.4 Å². The number of anilines is 2. The number of carboxylic acid groups (broad SMARTS) is 1. The number of para-hydroxylation sites is 1. The number of amides is 1. The smallest absolute Gasteiger partial charge is 0.341 e. The van der Waals surface area contributed by atoms with Crippen molar-refractivity contribution in [2.24, 2.45) is 5.92 Å². The van der Waals surface area contributed by atoms with Crippen molar-refractivity contribution in [3.05, 3.63) is 65.3 Å².